The molecule has 8 atom stereocenters. The van der Waals surface area contributed by atoms with Crippen LogP contribution in [0.5, 0.6) is 0 Å². The summed E-state index contributed by atoms with van der Waals surface area (Å²) >= 11 is 0. The second-order valence-electron chi connectivity index (χ2n) is 15.1. The Labute approximate surface area is 201 Å². The molecule has 33 heavy (non-hydrogen) atoms. The van der Waals surface area contributed by atoms with Gasteiger partial charge >= 0.3 is 5.97 Å². The van der Waals surface area contributed by atoms with Gasteiger partial charge in [0.1, 0.15) is 0 Å². The molecular formula is C30H48O3. The van der Waals surface area contributed by atoms with Crippen LogP contribution < -0.4 is 0 Å². The fourth-order valence-corrected chi connectivity index (χ4v) is 10.6. The van der Waals surface area contributed by atoms with Gasteiger partial charge in [-0.05, 0) is 109 Å². The van der Waals surface area contributed by atoms with Crippen molar-refractivity contribution in [3.8, 4) is 0 Å². The van der Waals surface area contributed by atoms with Crippen molar-refractivity contribution in [2.24, 2.45) is 50.2 Å². The number of carbonyl (C=O) groups is 1. The Morgan fingerprint density at radius 1 is 0.879 bits per heavy atom. The zero-order chi connectivity index (χ0) is 24.2. The Hall–Kier alpha value is -0.830. The zero-order valence-electron chi connectivity index (χ0n) is 22.3. The predicted molar refractivity (Wildman–Crippen MR) is 133 cm³/mol. The molecule has 3 heteroatoms. The SMILES string of the molecule is CC1(C)CC[C@@]2(C(=O)O)CC[C@]3(C)C(=CC[C@H]4[C@@]5(C)CC[C@H](O)C(C)(C)[C@@H]5CC[C@]43C)[C@@H]2C1. The Morgan fingerprint density at radius 3 is 2.21 bits per heavy atom. The first-order valence-electron chi connectivity index (χ1n) is 13.8. The number of carboxylic acid groups (broad SMARTS) is 1. The van der Waals surface area contributed by atoms with Crippen LogP contribution in [0.15, 0.2) is 11.6 Å². The Bertz CT molecular complexity index is 885. The van der Waals surface area contributed by atoms with Gasteiger partial charge in [0, 0.05) is 0 Å². The number of hydrogen-bond donors (Lipinski definition) is 2. The van der Waals surface area contributed by atoms with Gasteiger partial charge in [0.25, 0.3) is 0 Å². The molecular weight excluding hydrogens is 408 g/mol. The van der Waals surface area contributed by atoms with Crippen LogP contribution in [-0.4, -0.2) is 22.3 Å². The van der Waals surface area contributed by atoms with Gasteiger partial charge in [-0.3, -0.25) is 4.79 Å². The van der Waals surface area contributed by atoms with E-state index >= 15 is 0 Å². The summed E-state index contributed by atoms with van der Waals surface area (Å²) in [6.07, 6.45) is 12.6. The fourth-order valence-electron chi connectivity index (χ4n) is 10.6. The fraction of sp³-hybridized carbons (Fsp3) is 0.900. The van der Waals surface area contributed by atoms with Crippen molar-refractivity contribution < 1.29 is 15.0 Å². The Balaban J connectivity index is 1.60. The standard InChI is InChI=1S/C30H48O3/c1-25(2)14-16-30(24(32)33)17-15-28(6)19(20(30)18-25)8-9-22-27(5)12-11-23(31)26(3,4)21(27)10-13-29(22,28)7/h8,20-23,31H,9-18H2,1-7H3,(H,32,33)/t20-,21-,22-,23-,27-,28+,29+,30+/m0/s1. The van der Waals surface area contributed by atoms with Crippen LogP contribution in [0.1, 0.15) is 113 Å². The highest BCUT2D eigenvalue weighted by Crippen LogP contribution is 2.75. The van der Waals surface area contributed by atoms with E-state index in [4.69, 9.17) is 0 Å². The van der Waals surface area contributed by atoms with Gasteiger partial charge in [0.2, 0.25) is 0 Å². The second-order valence-corrected chi connectivity index (χ2v) is 15.1. The molecule has 0 unspecified atom stereocenters. The van der Waals surface area contributed by atoms with Gasteiger partial charge in [-0.25, -0.2) is 0 Å². The molecule has 0 aromatic rings. The van der Waals surface area contributed by atoms with Gasteiger partial charge < -0.3 is 10.2 Å². The maximum Gasteiger partial charge on any atom is 0.310 e. The number of hydrogen-bond acceptors (Lipinski definition) is 2. The van der Waals surface area contributed by atoms with Crippen molar-refractivity contribution in [1.29, 1.82) is 0 Å². The Kier molecular flexibility index (Phi) is 4.99. The summed E-state index contributed by atoms with van der Waals surface area (Å²) in [5, 5.41) is 21.4. The number of fused-ring (bicyclic) bond motifs is 7. The zero-order valence-corrected chi connectivity index (χ0v) is 22.3. The van der Waals surface area contributed by atoms with Gasteiger partial charge in [-0.1, -0.05) is 60.1 Å². The summed E-state index contributed by atoms with van der Waals surface area (Å²) in [6, 6.07) is 0. The average molecular weight is 457 g/mol. The lowest BCUT2D eigenvalue weighted by molar-refractivity contribution is -0.205. The van der Waals surface area contributed by atoms with E-state index in [1.807, 2.05) is 0 Å². The minimum atomic E-state index is -0.553. The lowest BCUT2D eigenvalue weighted by Gasteiger charge is -2.71. The third kappa shape index (κ3) is 2.87. The Morgan fingerprint density at radius 2 is 1.55 bits per heavy atom. The molecule has 0 bridgehead atoms. The van der Waals surface area contributed by atoms with E-state index in [0.29, 0.717) is 11.8 Å². The van der Waals surface area contributed by atoms with Gasteiger partial charge in [-0.2, -0.15) is 0 Å². The van der Waals surface area contributed by atoms with Gasteiger partial charge in [0.15, 0.2) is 0 Å². The predicted octanol–water partition coefficient (Wildman–Crippen LogP) is 7.23. The highest BCUT2D eigenvalue weighted by atomic mass is 16.4. The largest absolute Gasteiger partial charge is 0.481 e. The molecule has 3 nitrogen and oxygen atoms in total. The van der Waals surface area contributed by atoms with Crippen LogP contribution in [0, 0.1) is 50.2 Å². The van der Waals surface area contributed by atoms with Crippen LogP contribution in [0.2, 0.25) is 0 Å². The topological polar surface area (TPSA) is 57.5 Å². The molecule has 2 N–H and O–H groups in total. The summed E-state index contributed by atoms with van der Waals surface area (Å²) in [6.45, 7) is 16.9. The van der Waals surface area contributed by atoms with E-state index in [9.17, 15) is 15.0 Å². The smallest absolute Gasteiger partial charge is 0.310 e. The van der Waals surface area contributed by atoms with Crippen molar-refractivity contribution >= 4 is 5.97 Å². The van der Waals surface area contributed by atoms with Gasteiger partial charge in [-0.15, -0.1) is 0 Å². The molecule has 0 aliphatic heterocycles. The lowest BCUT2D eigenvalue weighted by atomic mass is 9.33. The van der Waals surface area contributed by atoms with Crippen LogP contribution in [-0.2, 0) is 4.79 Å². The van der Waals surface area contributed by atoms with Crippen LogP contribution in [0.25, 0.3) is 0 Å². The van der Waals surface area contributed by atoms with Crippen molar-refractivity contribution in [2.75, 3.05) is 0 Å². The number of allylic oxidation sites excluding steroid dienone is 2. The first-order chi connectivity index (χ1) is 15.1. The van der Waals surface area contributed by atoms with E-state index in [-0.39, 0.29) is 39.1 Å². The minimum Gasteiger partial charge on any atom is -0.481 e. The molecule has 4 saturated carbocycles. The van der Waals surface area contributed by atoms with E-state index in [1.165, 1.54) is 18.4 Å². The molecule has 0 amide bonds. The van der Waals surface area contributed by atoms with Crippen molar-refractivity contribution in [1.82, 2.24) is 0 Å². The summed E-state index contributed by atoms with van der Waals surface area (Å²) in [5.41, 5.74) is 1.68. The third-order valence-electron chi connectivity index (χ3n) is 13.0. The van der Waals surface area contributed by atoms with E-state index in [0.717, 1.165) is 51.4 Å². The maximum absolute atomic E-state index is 12.8. The second kappa shape index (κ2) is 6.89. The quantitative estimate of drug-likeness (QED) is 0.409. The van der Waals surface area contributed by atoms with Crippen molar-refractivity contribution in [3.63, 3.8) is 0 Å². The monoisotopic (exact) mass is 456 g/mol. The molecule has 0 radical (unpaired) electrons. The summed E-state index contributed by atoms with van der Waals surface area (Å²) in [4.78, 5) is 12.8. The molecule has 0 aromatic heterocycles. The van der Waals surface area contributed by atoms with Crippen LogP contribution in [0.3, 0.4) is 0 Å². The average Bonchev–Trinajstić information content (AvgIpc) is 2.71. The van der Waals surface area contributed by atoms with Crippen LogP contribution >= 0.6 is 0 Å². The third-order valence-corrected chi connectivity index (χ3v) is 13.0. The van der Waals surface area contributed by atoms with Crippen molar-refractivity contribution in [2.45, 2.75) is 119 Å². The lowest BCUT2D eigenvalue weighted by Crippen LogP contribution is -2.65. The van der Waals surface area contributed by atoms with Crippen molar-refractivity contribution in [3.05, 3.63) is 11.6 Å². The number of aliphatic carboxylic acids is 1. The highest BCUT2D eigenvalue weighted by molar-refractivity contribution is 5.76. The summed E-state index contributed by atoms with van der Waals surface area (Å²) in [5.74, 6) is 0.807. The molecule has 0 heterocycles. The summed E-state index contributed by atoms with van der Waals surface area (Å²) < 4.78 is 0. The number of aliphatic hydroxyl groups is 1. The van der Waals surface area contributed by atoms with E-state index in [1.54, 1.807) is 0 Å². The van der Waals surface area contributed by atoms with E-state index < -0.39 is 11.4 Å². The number of carboxylic acids is 1. The molecule has 0 spiro atoms. The van der Waals surface area contributed by atoms with Gasteiger partial charge in [0.05, 0.1) is 11.5 Å². The highest BCUT2D eigenvalue weighted by Gasteiger charge is 2.69. The molecule has 0 aromatic carbocycles. The molecule has 5 aliphatic rings. The first kappa shape index (κ1) is 23.9. The number of rotatable bonds is 1. The maximum atomic E-state index is 12.8. The van der Waals surface area contributed by atoms with Crippen LogP contribution in [0.4, 0.5) is 0 Å². The molecule has 0 saturated heterocycles. The molecule has 4 fully saturated rings. The first-order valence-corrected chi connectivity index (χ1v) is 13.8. The van der Waals surface area contributed by atoms with E-state index in [2.05, 4.69) is 54.5 Å². The minimum absolute atomic E-state index is 0.0301. The summed E-state index contributed by atoms with van der Waals surface area (Å²) in [7, 11) is 0. The molecule has 5 aliphatic carbocycles. The number of aliphatic hydroxyl groups excluding tert-OH is 1. The molecule has 186 valence electrons. The molecule has 5 rings (SSSR count). The normalized spacial score (nSPS) is 52.4.